The van der Waals surface area contributed by atoms with Gasteiger partial charge in [-0.05, 0) is 51.9 Å². The van der Waals surface area contributed by atoms with Gasteiger partial charge in [0.15, 0.2) is 0 Å². The van der Waals surface area contributed by atoms with Crippen LogP contribution < -0.4 is 16.1 Å². The van der Waals surface area contributed by atoms with Crippen LogP contribution in [0.2, 0.25) is 0 Å². The maximum Gasteiger partial charge on any atom is 0.414 e. The Hall–Kier alpha value is -3.08. The number of nitrogens with zero attached hydrogens (tertiary/aromatic N) is 2. The van der Waals surface area contributed by atoms with Gasteiger partial charge in [-0.15, -0.1) is 0 Å². The highest BCUT2D eigenvalue weighted by Crippen LogP contribution is 2.31. The molecule has 2 amide bonds. The smallest absolute Gasteiger partial charge is 0.414 e. The van der Waals surface area contributed by atoms with Crippen LogP contribution in [0.4, 0.5) is 10.5 Å². The summed E-state index contributed by atoms with van der Waals surface area (Å²) in [7, 11) is 6.47. The van der Waals surface area contributed by atoms with Crippen molar-refractivity contribution in [3.05, 3.63) is 67.1 Å². The maximum absolute atomic E-state index is 13.0. The molecule has 0 unspecified atom stereocenters. The molecule has 3 rings (SSSR count). The summed E-state index contributed by atoms with van der Waals surface area (Å²) in [6.07, 6.45) is -0.252. The molecule has 0 saturated heterocycles. The third-order valence-corrected chi connectivity index (χ3v) is 5.74. The first kappa shape index (κ1) is 23.6. The number of carbonyl (C=O) groups excluding carboxylic acids is 2. The quantitative estimate of drug-likeness (QED) is 0.298. The fourth-order valence-corrected chi connectivity index (χ4v) is 3.74. The summed E-state index contributed by atoms with van der Waals surface area (Å²) in [6.45, 7) is 0. The van der Waals surface area contributed by atoms with Crippen LogP contribution in [-0.2, 0) is 17.6 Å². The predicted octanol–water partition coefficient (Wildman–Crippen LogP) is 3.26. The molecule has 0 bridgehead atoms. The molecule has 0 radical (unpaired) electrons. The molecule has 1 aromatic heterocycles. The van der Waals surface area contributed by atoms with Crippen molar-refractivity contribution in [2.24, 2.45) is 0 Å². The Bertz CT molecular complexity index is 1250. The van der Waals surface area contributed by atoms with E-state index in [9.17, 15) is 14.4 Å². The summed E-state index contributed by atoms with van der Waals surface area (Å²) in [6, 6.07) is 10.5. The Morgan fingerprint density at radius 3 is 2.41 bits per heavy atom. The van der Waals surface area contributed by atoms with Crippen LogP contribution in [-0.4, -0.2) is 50.0 Å². The standard InChI is InChI=1S/C23H24IN3O5/c1-26(2)21(28)11-15-16-10-18(24)20(32-23(30)27(3)4)12-19(16)31-22(29)17(15)9-13-6-5-7-14(25)8-13/h5-8,10,12H,9,11,25H2,1-4H3. The van der Waals surface area contributed by atoms with Crippen molar-refractivity contribution in [1.82, 2.24) is 9.80 Å². The number of benzene rings is 2. The third kappa shape index (κ3) is 5.21. The van der Waals surface area contributed by atoms with Gasteiger partial charge in [-0.1, -0.05) is 12.1 Å². The number of rotatable bonds is 5. The van der Waals surface area contributed by atoms with E-state index < -0.39 is 11.7 Å². The van der Waals surface area contributed by atoms with E-state index >= 15 is 0 Å². The van der Waals surface area contributed by atoms with Gasteiger partial charge in [0.1, 0.15) is 11.3 Å². The zero-order valence-corrected chi connectivity index (χ0v) is 20.4. The van der Waals surface area contributed by atoms with Gasteiger partial charge < -0.3 is 24.7 Å². The lowest BCUT2D eigenvalue weighted by Crippen LogP contribution is -2.26. The van der Waals surface area contributed by atoms with Gasteiger partial charge in [-0.3, -0.25) is 4.79 Å². The summed E-state index contributed by atoms with van der Waals surface area (Å²) in [5.74, 6) is 0.122. The molecule has 8 nitrogen and oxygen atoms in total. The number of nitrogen functional groups attached to an aromatic ring is 1. The molecule has 0 aliphatic rings. The molecule has 2 N–H and O–H groups in total. The molecule has 2 aromatic carbocycles. The lowest BCUT2D eigenvalue weighted by atomic mass is 9.96. The Kier molecular flexibility index (Phi) is 7.07. The van der Waals surface area contributed by atoms with Crippen molar-refractivity contribution >= 4 is 51.2 Å². The first-order valence-corrected chi connectivity index (χ1v) is 10.9. The zero-order valence-electron chi connectivity index (χ0n) is 18.3. The molecule has 3 aromatic rings. The summed E-state index contributed by atoms with van der Waals surface area (Å²) >= 11 is 2.05. The molecule has 32 heavy (non-hydrogen) atoms. The SMILES string of the molecule is CN(C)C(=O)Cc1c(Cc2cccc(N)c2)c(=O)oc2cc(OC(=O)N(C)C)c(I)cc12. The summed E-state index contributed by atoms with van der Waals surface area (Å²) < 4.78 is 11.6. The van der Waals surface area contributed by atoms with Crippen LogP contribution in [0.25, 0.3) is 11.0 Å². The molecule has 0 aliphatic carbocycles. The van der Waals surface area contributed by atoms with Gasteiger partial charge in [0.25, 0.3) is 0 Å². The minimum Gasteiger partial charge on any atom is -0.422 e. The van der Waals surface area contributed by atoms with Gasteiger partial charge in [-0.25, -0.2) is 9.59 Å². The highest BCUT2D eigenvalue weighted by molar-refractivity contribution is 14.1. The third-order valence-electron chi connectivity index (χ3n) is 4.89. The number of ether oxygens (including phenoxy) is 1. The lowest BCUT2D eigenvalue weighted by molar-refractivity contribution is -0.127. The topological polar surface area (TPSA) is 106 Å². The van der Waals surface area contributed by atoms with Crippen molar-refractivity contribution in [3.8, 4) is 5.75 Å². The van der Waals surface area contributed by atoms with E-state index in [0.717, 1.165) is 5.56 Å². The first-order valence-electron chi connectivity index (χ1n) is 9.78. The fraction of sp³-hybridized carbons (Fsp3) is 0.261. The van der Waals surface area contributed by atoms with E-state index in [4.69, 9.17) is 14.9 Å². The van der Waals surface area contributed by atoms with E-state index in [2.05, 4.69) is 0 Å². The van der Waals surface area contributed by atoms with Crippen LogP contribution in [0.1, 0.15) is 16.7 Å². The Labute approximate surface area is 199 Å². The minimum atomic E-state index is -0.550. The number of fused-ring (bicyclic) bond motifs is 1. The molecule has 168 valence electrons. The second kappa shape index (κ2) is 9.60. The van der Waals surface area contributed by atoms with E-state index in [-0.39, 0.29) is 30.1 Å². The van der Waals surface area contributed by atoms with Crippen molar-refractivity contribution in [3.63, 3.8) is 0 Å². The highest BCUT2D eigenvalue weighted by atomic mass is 127. The van der Waals surface area contributed by atoms with E-state index in [1.54, 1.807) is 46.4 Å². The van der Waals surface area contributed by atoms with Gasteiger partial charge in [0.2, 0.25) is 5.91 Å². The molecule has 0 atom stereocenters. The van der Waals surface area contributed by atoms with Crippen LogP contribution in [0.5, 0.6) is 5.75 Å². The number of carbonyl (C=O) groups is 2. The van der Waals surface area contributed by atoms with Crippen molar-refractivity contribution in [1.29, 1.82) is 0 Å². The molecular formula is C23H24IN3O5. The lowest BCUT2D eigenvalue weighted by Gasteiger charge is -2.16. The van der Waals surface area contributed by atoms with Gasteiger partial charge >= 0.3 is 11.7 Å². The zero-order chi connectivity index (χ0) is 23.6. The summed E-state index contributed by atoms with van der Waals surface area (Å²) in [4.78, 5) is 40.3. The monoisotopic (exact) mass is 549 g/mol. The number of hydrogen-bond donors (Lipinski definition) is 1. The largest absolute Gasteiger partial charge is 0.422 e. The molecule has 0 fully saturated rings. The number of likely N-dealkylation sites (N-methyl/N-ethyl adjacent to an activating group) is 1. The molecule has 9 heteroatoms. The van der Waals surface area contributed by atoms with Gasteiger partial charge in [0, 0.05) is 57.3 Å². The maximum atomic E-state index is 13.0. The van der Waals surface area contributed by atoms with Crippen LogP contribution >= 0.6 is 22.6 Å². The first-order chi connectivity index (χ1) is 15.1. The second-order valence-corrected chi connectivity index (χ2v) is 8.94. The molecule has 0 saturated carbocycles. The fourth-order valence-electron chi connectivity index (χ4n) is 3.16. The molecular weight excluding hydrogens is 525 g/mol. The van der Waals surface area contributed by atoms with Crippen LogP contribution in [0.3, 0.4) is 0 Å². The Balaban J connectivity index is 2.19. The molecule has 1 heterocycles. The van der Waals surface area contributed by atoms with E-state index in [0.29, 0.717) is 25.8 Å². The Morgan fingerprint density at radius 1 is 1.06 bits per heavy atom. The van der Waals surface area contributed by atoms with Crippen molar-refractivity contribution in [2.75, 3.05) is 33.9 Å². The van der Waals surface area contributed by atoms with Crippen molar-refractivity contribution in [2.45, 2.75) is 12.8 Å². The summed E-state index contributed by atoms with van der Waals surface area (Å²) in [5, 5.41) is 0.618. The van der Waals surface area contributed by atoms with Gasteiger partial charge in [0.05, 0.1) is 9.99 Å². The normalized spacial score (nSPS) is 10.8. The minimum absolute atomic E-state index is 0.0274. The van der Waals surface area contributed by atoms with E-state index in [1.807, 2.05) is 34.7 Å². The average Bonchev–Trinajstić information content (AvgIpc) is 2.71. The molecule has 0 spiro atoms. The van der Waals surface area contributed by atoms with Crippen LogP contribution in [0.15, 0.2) is 45.6 Å². The molecule has 0 aliphatic heterocycles. The average molecular weight is 549 g/mol. The van der Waals surface area contributed by atoms with Gasteiger partial charge in [-0.2, -0.15) is 0 Å². The predicted molar refractivity (Wildman–Crippen MR) is 131 cm³/mol. The number of amides is 2. The van der Waals surface area contributed by atoms with Crippen molar-refractivity contribution < 1.29 is 18.7 Å². The summed E-state index contributed by atoms with van der Waals surface area (Å²) in [5.41, 5.74) is 7.98. The number of hydrogen-bond acceptors (Lipinski definition) is 6. The second-order valence-electron chi connectivity index (χ2n) is 7.77. The van der Waals surface area contributed by atoms with E-state index in [1.165, 1.54) is 15.9 Å². The number of anilines is 1. The Morgan fingerprint density at radius 2 is 1.78 bits per heavy atom. The van der Waals surface area contributed by atoms with Crippen LogP contribution in [0, 0.1) is 3.57 Å². The number of nitrogens with two attached hydrogens (primary N) is 1. The highest BCUT2D eigenvalue weighted by Gasteiger charge is 2.21. The number of halogens is 1.